The molecular formula is C11H10N2O3S. The zero-order valence-corrected chi connectivity index (χ0v) is 9.86. The lowest BCUT2D eigenvalue weighted by Crippen LogP contribution is -2.02. The van der Waals surface area contributed by atoms with Gasteiger partial charge in [0, 0.05) is 0 Å². The van der Waals surface area contributed by atoms with Crippen molar-refractivity contribution in [1.29, 1.82) is 0 Å². The van der Waals surface area contributed by atoms with Crippen LogP contribution in [0.4, 0.5) is 0 Å². The molecule has 2 rings (SSSR count). The van der Waals surface area contributed by atoms with Gasteiger partial charge in [-0.1, -0.05) is 17.7 Å². The number of nitrogens with zero attached hydrogens (tertiary/aromatic N) is 1. The molecule has 0 aliphatic rings. The molecule has 0 unspecified atom stereocenters. The van der Waals surface area contributed by atoms with Gasteiger partial charge in [-0.2, -0.15) is 0 Å². The van der Waals surface area contributed by atoms with Crippen molar-refractivity contribution in [1.82, 2.24) is 9.97 Å². The van der Waals surface area contributed by atoms with E-state index in [0.717, 1.165) is 11.8 Å². The molecule has 0 fully saturated rings. The zero-order chi connectivity index (χ0) is 12.5. The molecule has 0 spiro atoms. The number of nitrogens with one attached hydrogen (secondary N) is 1. The number of rotatable bonds is 3. The zero-order valence-electron chi connectivity index (χ0n) is 9.04. The summed E-state index contributed by atoms with van der Waals surface area (Å²) in [5, 5.41) is -0.0801. The number of aromatic amines is 1. The number of aldehydes is 1. The average Bonchev–Trinajstić information content (AvgIpc) is 2.78. The Balaban J connectivity index is 2.49. The quantitative estimate of drug-likeness (QED) is 0.834. The Morgan fingerprint density at radius 2 is 1.88 bits per heavy atom. The van der Waals surface area contributed by atoms with Gasteiger partial charge in [0.25, 0.3) is 0 Å². The number of aryl methyl sites for hydroxylation is 1. The molecule has 0 bridgehead atoms. The molecular weight excluding hydrogens is 240 g/mol. The van der Waals surface area contributed by atoms with E-state index in [4.69, 9.17) is 0 Å². The van der Waals surface area contributed by atoms with Crippen molar-refractivity contribution >= 4 is 16.1 Å². The number of hydrogen-bond donors (Lipinski definition) is 1. The van der Waals surface area contributed by atoms with Gasteiger partial charge in [0.1, 0.15) is 0 Å². The molecule has 0 atom stereocenters. The van der Waals surface area contributed by atoms with Crippen LogP contribution in [-0.2, 0) is 9.84 Å². The minimum absolute atomic E-state index is 0.00399. The summed E-state index contributed by atoms with van der Waals surface area (Å²) in [6, 6.07) is 6.46. The third-order valence-electron chi connectivity index (χ3n) is 2.30. The summed E-state index contributed by atoms with van der Waals surface area (Å²) < 4.78 is 24.2. The number of H-pyrrole nitrogens is 1. The fraction of sp³-hybridized carbons (Fsp3) is 0.0909. The van der Waals surface area contributed by atoms with E-state index in [1.807, 2.05) is 6.92 Å². The van der Waals surface area contributed by atoms with E-state index < -0.39 is 9.84 Å². The summed E-state index contributed by atoms with van der Waals surface area (Å²) in [5.41, 5.74) is 0.974. The predicted octanol–water partition coefficient (Wildman–Crippen LogP) is 1.36. The Hall–Kier alpha value is -1.95. The predicted molar refractivity (Wildman–Crippen MR) is 60.6 cm³/mol. The van der Waals surface area contributed by atoms with Crippen LogP contribution in [0.1, 0.15) is 16.2 Å². The van der Waals surface area contributed by atoms with E-state index >= 15 is 0 Å². The van der Waals surface area contributed by atoms with Crippen LogP contribution < -0.4 is 0 Å². The van der Waals surface area contributed by atoms with E-state index in [9.17, 15) is 13.2 Å². The second-order valence-corrected chi connectivity index (χ2v) is 5.49. The van der Waals surface area contributed by atoms with Crippen molar-refractivity contribution in [2.24, 2.45) is 0 Å². The standard InChI is InChI=1S/C11H10N2O3S/c1-8-2-4-9(5-3-8)17(15,16)11-6-12-10(7-14)13-11/h2-7H,1H3,(H,12,13). The van der Waals surface area contributed by atoms with Crippen LogP contribution >= 0.6 is 0 Å². The number of carbonyl (C=O) groups is 1. The first-order valence-electron chi connectivity index (χ1n) is 4.86. The fourth-order valence-corrected chi connectivity index (χ4v) is 2.54. The number of imidazole rings is 1. The summed E-state index contributed by atoms with van der Waals surface area (Å²) in [5.74, 6) is -0.00399. The molecule has 1 aromatic carbocycles. The molecule has 0 aliphatic carbocycles. The Morgan fingerprint density at radius 3 is 2.41 bits per heavy atom. The molecule has 6 heteroatoms. The van der Waals surface area contributed by atoms with Crippen molar-refractivity contribution in [3.8, 4) is 0 Å². The van der Waals surface area contributed by atoms with Crippen molar-refractivity contribution in [3.05, 3.63) is 41.9 Å². The highest BCUT2D eigenvalue weighted by atomic mass is 32.2. The molecule has 0 saturated heterocycles. The van der Waals surface area contributed by atoms with Gasteiger partial charge < -0.3 is 4.98 Å². The summed E-state index contributed by atoms with van der Waals surface area (Å²) in [6.45, 7) is 1.87. The van der Waals surface area contributed by atoms with E-state index in [1.165, 1.54) is 12.1 Å². The average molecular weight is 250 g/mol. The van der Waals surface area contributed by atoms with Crippen LogP contribution in [0.25, 0.3) is 0 Å². The highest BCUT2D eigenvalue weighted by Gasteiger charge is 2.19. The molecule has 2 aromatic rings. The number of aromatic nitrogens is 2. The van der Waals surface area contributed by atoms with Gasteiger partial charge in [-0.15, -0.1) is 0 Å². The van der Waals surface area contributed by atoms with Gasteiger partial charge in [0.05, 0.1) is 11.1 Å². The molecule has 1 N–H and O–H groups in total. The SMILES string of the molecule is Cc1ccc(S(=O)(=O)c2cnc(C=O)[nH]2)cc1. The lowest BCUT2D eigenvalue weighted by atomic mass is 10.2. The number of carbonyl (C=O) groups excluding carboxylic acids is 1. The highest BCUT2D eigenvalue weighted by Crippen LogP contribution is 2.19. The molecule has 5 nitrogen and oxygen atoms in total. The summed E-state index contributed by atoms with van der Waals surface area (Å²) in [7, 11) is -3.62. The van der Waals surface area contributed by atoms with E-state index in [1.54, 1.807) is 12.1 Å². The summed E-state index contributed by atoms with van der Waals surface area (Å²) in [4.78, 5) is 16.7. The number of hydrogen-bond acceptors (Lipinski definition) is 4. The number of benzene rings is 1. The van der Waals surface area contributed by atoms with Gasteiger partial charge in [0.2, 0.25) is 9.84 Å². The summed E-state index contributed by atoms with van der Waals surface area (Å²) in [6.07, 6.45) is 1.60. The van der Waals surface area contributed by atoms with Gasteiger partial charge in [-0.3, -0.25) is 4.79 Å². The normalized spacial score (nSPS) is 11.4. The minimum Gasteiger partial charge on any atom is -0.327 e. The fourth-order valence-electron chi connectivity index (χ4n) is 1.36. The van der Waals surface area contributed by atoms with Crippen molar-refractivity contribution in [3.63, 3.8) is 0 Å². The van der Waals surface area contributed by atoms with Crippen LogP contribution in [0.5, 0.6) is 0 Å². The van der Waals surface area contributed by atoms with Gasteiger partial charge in [-0.05, 0) is 19.1 Å². The first-order chi connectivity index (χ1) is 8.04. The maximum atomic E-state index is 12.1. The lowest BCUT2D eigenvalue weighted by Gasteiger charge is -2.01. The maximum Gasteiger partial charge on any atom is 0.223 e. The van der Waals surface area contributed by atoms with Crippen LogP contribution in [0.15, 0.2) is 40.4 Å². The second kappa shape index (κ2) is 4.14. The third kappa shape index (κ3) is 2.12. The molecule has 0 saturated carbocycles. The van der Waals surface area contributed by atoms with E-state index in [-0.39, 0.29) is 15.7 Å². The Morgan fingerprint density at radius 1 is 1.24 bits per heavy atom. The van der Waals surface area contributed by atoms with E-state index in [2.05, 4.69) is 9.97 Å². The lowest BCUT2D eigenvalue weighted by molar-refractivity contribution is 0.111. The second-order valence-electron chi connectivity index (χ2n) is 3.57. The van der Waals surface area contributed by atoms with Crippen LogP contribution in [-0.4, -0.2) is 24.7 Å². The monoisotopic (exact) mass is 250 g/mol. The smallest absolute Gasteiger partial charge is 0.223 e. The molecule has 0 aliphatic heterocycles. The number of sulfone groups is 1. The topological polar surface area (TPSA) is 79.9 Å². The van der Waals surface area contributed by atoms with Crippen LogP contribution in [0, 0.1) is 6.92 Å². The summed E-state index contributed by atoms with van der Waals surface area (Å²) >= 11 is 0. The Kier molecular flexibility index (Phi) is 2.81. The van der Waals surface area contributed by atoms with Crippen molar-refractivity contribution < 1.29 is 13.2 Å². The van der Waals surface area contributed by atoms with Crippen LogP contribution in [0.3, 0.4) is 0 Å². The largest absolute Gasteiger partial charge is 0.327 e. The van der Waals surface area contributed by atoms with Crippen LogP contribution in [0.2, 0.25) is 0 Å². The highest BCUT2D eigenvalue weighted by molar-refractivity contribution is 7.91. The first kappa shape index (κ1) is 11.5. The molecule has 0 amide bonds. The van der Waals surface area contributed by atoms with E-state index in [0.29, 0.717) is 6.29 Å². The molecule has 1 aromatic heterocycles. The van der Waals surface area contributed by atoms with Gasteiger partial charge in [-0.25, -0.2) is 13.4 Å². The minimum atomic E-state index is -3.62. The molecule has 88 valence electrons. The first-order valence-corrected chi connectivity index (χ1v) is 6.34. The third-order valence-corrected chi connectivity index (χ3v) is 3.98. The molecule has 1 heterocycles. The van der Waals surface area contributed by atoms with Crippen molar-refractivity contribution in [2.75, 3.05) is 0 Å². The Labute approximate surface area is 98.4 Å². The molecule has 17 heavy (non-hydrogen) atoms. The maximum absolute atomic E-state index is 12.1. The van der Waals surface area contributed by atoms with Gasteiger partial charge in [0.15, 0.2) is 17.1 Å². The van der Waals surface area contributed by atoms with Crippen molar-refractivity contribution in [2.45, 2.75) is 16.8 Å². The van der Waals surface area contributed by atoms with Gasteiger partial charge >= 0.3 is 0 Å². The Bertz CT molecular complexity index is 642. The molecule has 0 radical (unpaired) electrons.